The van der Waals surface area contributed by atoms with E-state index in [1.807, 2.05) is 0 Å². The highest BCUT2D eigenvalue weighted by atomic mass is 32.1. The van der Waals surface area contributed by atoms with Gasteiger partial charge in [0.25, 0.3) is 11.5 Å². The maximum absolute atomic E-state index is 13.2. The van der Waals surface area contributed by atoms with Crippen molar-refractivity contribution in [2.24, 2.45) is 0 Å². The number of hydrogen-bond acceptors (Lipinski definition) is 5. The smallest absolute Gasteiger partial charge is 0.266 e. The number of aromatic amines is 1. The minimum atomic E-state index is -0.788. The number of para-hydroxylation sites is 1. The molecule has 4 rings (SSSR count). The van der Waals surface area contributed by atoms with Crippen LogP contribution in [0.15, 0.2) is 47.3 Å². The van der Waals surface area contributed by atoms with E-state index < -0.39 is 28.6 Å². The summed E-state index contributed by atoms with van der Waals surface area (Å²) in [6, 6.07) is 10.7. The number of carbonyl (C=O) groups excluding carboxylic acids is 1. The van der Waals surface area contributed by atoms with Gasteiger partial charge in [-0.2, -0.15) is 0 Å². The fourth-order valence-electron chi connectivity index (χ4n) is 2.55. The molecule has 0 saturated heterocycles. The molecule has 1 amide bonds. The second kappa shape index (κ2) is 5.67. The largest absolute Gasteiger partial charge is 0.506 e. The number of aromatic nitrogens is 2. The number of nitrogens with one attached hydrogen (secondary N) is 2. The average molecular weight is 355 g/mol. The first-order valence-electron chi connectivity index (χ1n) is 7.24. The molecule has 25 heavy (non-hydrogen) atoms. The Balaban J connectivity index is 1.75. The summed E-state index contributed by atoms with van der Waals surface area (Å²) in [6.45, 7) is 0. The van der Waals surface area contributed by atoms with Crippen LogP contribution in [0.5, 0.6) is 5.75 Å². The van der Waals surface area contributed by atoms with Gasteiger partial charge in [-0.15, -0.1) is 0 Å². The van der Waals surface area contributed by atoms with Crippen molar-refractivity contribution in [1.29, 1.82) is 0 Å². The van der Waals surface area contributed by atoms with Crippen molar-refractivity contribution in [3.05, 3.63) is 64.2 Å². The van der Waals surface area contributed by atoms with Crippen molar-refractivity contribution >= 4 is 43.5 Å². The molecule has 0 atom stereocenters. The molecule has 0 aliphatic carbocycles. The second-order valence-electron chi connectivity index (χ2n) is 5.31. The molecule has 0 spiro atoms. The van der Waals surface area contributed by atoms with Crippen LogP contribution >= 0.6 is 11.3 Å². The molecule has 8 heteroatoms. The minimum absolute atomic E-state index is 0.206. The number of nitrogens with zero attached hydrogens (tertiary/aromatic N) is 1. The number of H-pyrrole nitrogens is 1. The highest BCUT2D eigenvalue weighted by Gasteiger charge is 2.20. The van der Waals surface area contributed by atoms with E-state index in [4.69, 9.17) is 0 Å². The lowest BCUT2D eigenvalue weighted by atomic mass is 10.1. The van der Waals surface area contributed by atoms with E-state index in [1.54, 1.807) is 24.3 Å². The second-order valence-corrected chi connectivity index (χ2v) is 6.34. The van der Waals surface area contributed by atoms with Crippen molar-refractivity contribution < 1.29 is 14.3 Å². The molecule has 0 unspecified atom stereocenters. The molecule has 0 radical (unpaired) electrons. The predicted molar refractivity (Wildman–Crippen MR) is 93.8 cm³/mol. The van der Waals surface area contributed by atoms with E-state index >= 15 is 0 Å². The van der Waals surface area contributed by atoms with Gasteiger partial charge in [-0.05, 0) is 30.3 Å². The van der Waals surface area contributed by atoms with Crippen LogP contribution in [0.4, 0.5) is 9.52 Å². The van der Waals surface area contributed by atoms with Crippen LogP contribution in [-0.4, -0.2) is 21.0 Å². The van der Waals surface area contributed by atoms with Crippen LogP contribution in [0.1, 0.15) is 10.4 Å². The lowest BCUT2D eigenvalue weighted by Gasteiger charge is -2.06. The third-order valence-corrected chi connectivity index (χ3v) is 4.63. The van der Waals surface area contributed by atoms with E-state index in [0.29, 0.717) is 21.1 Å². The monoisotopic (exact) mass is 355 g/mol. The zero-order chi connectivity index (χ0) is 17.6. The fraction of sp³-hybridized carbons (Fsp3) is 0. The predicted octanol–water partition coefficient (Wildman–Crippen LogP) is 3.23. The number of carbonyl (C=O) groups is 1. The Morgan fingerprint density at radius 2 is 2.04 bits per heavy atom. The van der Waals surface area contributed by atoms with Gasteiger partial charge in [-0.3, -0.25) is 14.9 Å². The summed E-state index contributed by atoms with van der Waals surface area (Å²) in [4.78, 5) is 31.3. The van der Waals surface area contributed by atoms with Gasteiger partial charge in [0.1, 0.15) is 17.1 Å². The van der Waals surface area contributed by atoms with Gasteiger partial charge in [-0.25, -0.2) is 9.37 Å². The van der Waals surface area contributed by atoms with Crippen LogP contribution in [0.3, 0.4) is 0 Å². The zero-order valence-electron chi connectivity index (χ0n) is 12.5. The summed E-state index contributed by atoms with van der Waals surface area (Å²) in [7, 11) is 0. The third-order valence-electron chi connectivity index (χ3n) is 3.69. The lowest BCUT2D eigenvalue weighted by Crippen LogP contribution is -2.23. The number of fused-ring (bicyclic) bond motifs is 2. The van der Waals surface area contributed by atoms with Crippen molar-refractivity contribution in [1.82, 2.24) is 9.97 Å². The van der Waals surface area contributed by atoms with Crippen LogP contribution in [0, 0.1) is 5.82 Å². The molecule has 6 nitrogen and oxygen atoms in total. The minimum Gasteiger partial charge on any atom is -0.506 e. The summed E-state index contributed by atoms with van der Waals surface area (Å²) in [5.41, 5.74) is -0.152. The molecule has 4 aromatic rings. The van der Waals surface area contributed by atoms with Crippen LogP contribution < -0.4 is 10.9 Å². The first-order valence-corrected chi connectivity index (χ1v) is 8.06. The topological polar surface area (TPSA) is 95.1 Å². The number of anilines is 1. The van der Waals surface area contributed by atoms with Gasteiger partial charge >= 0.3 is 0 Å². The molecule has 0 aliphatic heterocycles. The molecule has 2 heterocycles. The van der Waals surface area contributed by atoms with Crippen LogP contribution in [0.25, 0.3) is 21.1 Å². The van der Waals surface area contributed by atoms with Crippen LogP contribution in [-0.2, 0) is 0 Å². The maximum Gasteiger partial charge on any atom is 0.266 e. The molecule has 124 valence electrons. The molecule has 0 bridgehead atoms. The SMILES string of the molecule is O=C(Nc1nc2ccc(F)cc2s1)c1c(O)c2ccccc2[nH]c1=O. The Morgan fingerprint density at radius 3 is 2.88 bits per heavy atom. The molecule has 2 aromatic carbocycles. The summed E-state index contributed by atoms with van der Waals surface area (Å²) in [5, 5.41) is 13.4. The van der Waals surface area contributed by atoms with Gasteiger partial charge in [0.15, 0.2) is 5.13 Å². The van der Waals surface area contributed by atoms with E-state index in [2.05, 4.69) is 15.3 Å². The standard InChI is InChI=1S/C17H10FN3O3S/c18-8-5-6-11-12(7-8)25-17(20-11)21-16(24)13-14(22)9-3-1-2-4-10(9)19-15(13)23/h1-7H,(H2,19,22,23)(H,20,21,24). The van der Waals surface area contributed by atoms with E-state index in [9.17, 15) is 19.1 Å². The van der Waals surface area contributed by atoms with Crippen molar-refractivity contribution in [3.63, 3.8) is 0 Å². The number of benzene rings is 2. The Morgan fingerprint density at radius 1 is 1.24 bits per heavy atom. The molecule has 2 aromatic heterocycles. The number of pyridine rings is 1. The Kier molecular flexibility index (Phi) is 3.47. The van der Waals surface area contributed by atoms with Gasteiger partial charge in [0, 0.05) is 5.39 Å². The first kappa shape index (κ1) is 15.3. The average Bonchev–Trinajstić information content (AvgIpc) is 2.96. The Bertz CT molecular complexity index is 1200. The lowest BCUT2D eigenvalue weighted by molar-refractivity contribution is 0.102. The van der Waals surface area contributed by atoms with E-state index in [0.717, 1.165) is 11.3 Å². The number of rotatable bonds is 2. The molecular formula is C17H10FN3O3S. The molecular weight excluding hydrogens is 345 g/mol. The molecule has 3 N–H and O–H groups in total. The number of hydrogen-bond donors (Lipinski definition) is 3. The highest BCUT2D eigenvalue weighted by molar-refractivity contribution is 7.22. The van der Waals surface area contributed by atoms with Crippen LogP contribution in [0.2, 0.25) is 0 Å². The van der Waals surface area contributed by atoms with E-state index in [1.165, 1.54) is 18.2 Å². The molecule has 0 aliphatic rings. The molecule has 0 saturated carbocycles. The van der Waals surface area contributed by atoms with Crippen molar-refractivity contribution in [2.45, 2.75) is 0 Å². The summed E-state index contributed by atoms with van der Waals surface area (Å²) < 4.78 is 13.8. The zero-order valence-corrected chi connectivity index (χ0v) is 13.4. The first-order chi connectivity index (χ1) is 12.0. The number of amides is 1. The molecule has 0 fully saturated rings. The van der Waals surface area contributed by atoms with Gasteiger partial charge in [0.05, 0.1) is 15.7 Å². The number of aromatic hydroxyl groups is 1. The third kappa shape index (κ3) is 2.62. The fourth-order valence-corrected chi connectivity index (χ4v) is 3.43. The highest BCUT2D eigenvalue weighted by Crippen LogP contribution is 2.28. The Hall–Kier alpha value is -3.26. The van der Waals surface area contributed by atoms with Gasteiger partial charge in [0.2, 0.25) is 0 Å². The Labute approximate surface area is 143 Å². The number of thiazole rings is 1. The normalized spacial score (nSPS) is 11.1. The maximum atomic E-state index is 13.2. The summed E-state index contributed by atoms with van der Waals surface area (Å²) >= 11 is 1.07. The summed E-state index contributed by atoms with van der Waals surface area (Å²) in [5.74, 6) is -1.59. The van der Waals surface area contributed by atoms with E-state index in [-0.39, 0.29) is 5.13 Å². The quantitative estimate of drug-likeness (QED) is 0.514. The van der Waals surface area contributed by atoms with Crippen molar-refractivity contribution in [3.8, 4) is 5.75 Å². The van der Waals surface area contributed by atoms with Crippen molar-refractivity contribution in [2.75, 3.05) is 5.32 Å². The number of halogens is 1. The van der Waals surface area contributed by atoms with Gasteiger partial charge in [-0.1, -0.05) is 23.5 Å². The van der Waals surface area contributed by atoms with Gasteiger partial charge < -0.3 is 10.1 Å². The summed E-state index contributed by atoms with van der Waals surface area (Å²) in [6.07, 6.45) is 0.